The summed E-state index contributed by atoms with van der Waals surface area (Å²) in [4.78, 5) is 4.68. The molecular weight excluding hydrogens is 461 g/mol. The van der Waals surface area contributed by atoms with Crippen LogP contribution in [0.15, 0.2) is 4.99 Å². The van der Waals surface area contributed by atoms with Crippen molar-refractivity contribution in [3.05, 3.63) is 0 Å². The highest BCUT2D eigenvalue weighted by Crippen LogP contribution is 2.30. The first kappa shape index (κ1) is 26.1. The lowest BCUT2D eigenvalue weighted by atomic mass is 9.98. The van der Waals surface area contributed by atoms with Crippen LogP contribution >= 0.6 is 24.0 Å². The normalized spacial score (nSPS) is 18.3. The lowest BCUT2D eigenvalue weighted by Crippen LogP contribution is -2.40. The van der Waals surface area contributed by atoms with Crippen LogP contribution in [0.5, 0.6) is 0 Å². The van der Waals surface area contributed by atoms with Crippen molar-refractivity contribution >= 4 is 40.7 Å². The summed E-state index contributed by atoms with van der Waals surface area (Å²) < 4.78 is 17.9. The fourth-order valence-corrected chi connectivity index (χ4v) is 4.11. The summed E-state index contributed by atoms with van der Waals surface area (Å²) in [5.41, 5.74) is 0. The molecule has 0 saturated heterocycles. The SMILES string of the molecule is CCNC(=NCCC(OCC)C1CCCC1)NCCS(=O)C(C)(C)C.I. The molecule has 1 aliphatic rings. The van der Waals surface area contributed by atoms with Crippen LogP contribution in [0.25, 0.3) is 0 Å². The van der Waals surface area contributed by atoms with E-state index in [1.165, 1.54) is 25.7 Å². The number of nitrogens with zero attached hydrogens (tertiary/aromatic N) is 1. The van der Waals surface area contributed by atoms with Gasteiger partial charge in [-0.05, 0) is 59.8 Å². The molecule has 2 N–H and O–H groups in total. The molecule has 7 heteroatoms. The minimum absolute atomic E-state index is 0. The van der Waals surface area contributed by atoms with Crippen molar-refractivity contribution in [2.45, 2.75) is 77.6 Å². The number of nitrogens with one attached hydrogen (secondary N) is 2. The molecule has 0 spiro atoms. The highest BCUT2D eigenvalue weighted by Gasteiger charge is 2.25. The first-order chi connectivity index (χ1) is 11.9. The molecule has 0 amide bonds. The van der Waals surface area contributed by atoms with Crippen molar-refractivity contribution in [3.8, 4) is 0 Å². The summed E-state index contributed by atoms with van der Waals surface area (Å²) in [7, 11) is -0.840. The Labute approximate surface area is 180 Å². The Balaban J connectivity index is 0.00000625. The second kappa shape index (κ2) is 14.2. The van der Waals surface area contributed by atoms with Crippen molar-refractivity contribution < 1.29 is 8.95 Å². The standard InChI is InChI=1S/C19H39N3O2S.HI/c1-6-20-18(22-14-15-25(23)19(3,4)5)21-13-12-17(24-7-2)16-10-8-9-11-16;/h16-17H,6-15H2,1-5H3,(H2,20,21,22);1H. The van der Waals surface area contributed by atoms with Crippen LogP contribution in [-0.2, 0) is 15.5 Å². The number of rotatable bonds is 10. The molecule has 1 aliphatic carbocycles. The molecule has 0 heterocycles. The van der Waals surface area contributed by atoms with E-state index in [9.17, 15) is 4.21 Å². The molecule has 0 aromatic carbocycles. The van der Waals surface area contributed by atoms with E-state index in [2.05, 4.69) is 29.5 Å². The second-order valence-corrected chi connectivity index (χ2v) is 10.0. The van der Waals surface area contributed by atoms with Gasteiger partial charge in [-0.25, -0.2) is 0 Å². The molecule has 0 aromatic heterocycles. The van der Waals surface area contributed by atoms with Gasteiger partial charge in [0.15, 0.2) is 5.96 Å². The van der Waals surface area contributed by atoms with Gasteiger partial charge in [0.1, 0.15) is 0 Å². The molecule has 0 aliphatic heterocycles. The number of guanidine groups is 1. The van der Waals surface area contributed by atoms with Crippen LogP contribution in [0.3, 0.4) is 0 Å². The van der Waals surface area contributed by atoms with Crippen LogP contribution in [0.2, 0.25) is 0 Å². The van der Waals surface area contributed by atoms with E-state index in [1.54, 1.807) is 0 Å². The van der Waals surface area contributed by atoms with Crippen molar-refractivity contribution in [2.24, 2.45) is 10.9 Å². The maximum Gasteiger partial charge on any atom is 0.191 e. The summed E-state index contributed by atoms with van der Waals surface area (Å²) >= 11 is 0. The van der Waals surface area contributed by atoms with Crippen LogP contribution in [-0.4, -0.2) is 53.0 Å². The van der Waals surface area contributed by atoms with Gasteiger partial charge in [-0.1, -0.05) is 12.8 Å². The fraction of sp³-hybridized carbons (Fsp3) is 0.947. The summed E-state index contributed by atoms with van der Waals surface area (Å²) in [5.74, 6) is 2.16. The van der Waals surface area contributed by atoms with Crippen molar-refractivity contribution in [2.75, 3.05) is 32.0 Å². The van der Waals surface area contributed by atoms with Gasteiger partial charge in [0.25, 0.3) is 0 Å². The molecule has 0 radical (unpaired) electrons. The molecule has 5 nitrogen and oxygen atoms in total. The summed E-state index contributed by atoms with van der Waals surface area (Å²) in [6, 6.07) is 0. The molecule has 0 bridgehead atoms. The Morgan fingerprint density at radius 3 is 2.42 bits per heavy atom. The third-order valence-electron chi connectivity index (χ3n) is 4.60. The van der Waals surface area contributed by atoms with Crippen LogP contribution < -0.4 is 10.6 Å². The molecular formula is C19H40IN3O2S. The average molecular weight is 502 g/mol. The highest BCUT2D eigenvalue weighted by molar-refractivity contribution is 14.0. The first-order valence-electron chi connectivity index (χ1n) is 9.90. The quantitative estimate of drug-likeness (QED) is 0.272. The van der Waals surface area contributed by atoms with Crippen LogP contribution in [0, 0.1) is 5.92 Å². The Bertz CT molecular complexity index is 421. The molecule has 2 atom stereocenters. The smallest absolute Gasteiger partial charge is 0.191 e. The van der Waals surface area contributed by atoms with E-state index in [0.717, 1.165) is 32.1 Å². The molecule has 0 aromatic rings. The van der Waals surface area contributed by atoms with Gasteiger partial charge >= 0.3 is 0 Å². The first-order valence-corrected chi connectivity index (χ1v) is 11.2. The van der Waals surface area contributed by atoms with Crippen molar-refractivity contribution in [1.82, 2.24) is 10.6 Å². The maximum absolute atomic E-state index is 12.1. The number of ether oxygens (including phenoxy) is 1. The van der Waals surface area contributed by atoms with E-state index < -0.39 is 10.8 Å². The third-order valence-corrected chi connectivity index (χ3v) is 6.54. The third kappa shape index (κ3) is 10.4. The predicted molar refractivity (Wildman–Crippen MR) is 124 cm³/mol. The van der Waals surface area contributed by atoms with E-state index in [4.69, 9.17) is 4.74 Å². The lowest BCUT2D eigenvalue weighted by Gasteiger charge is -2.23. The van der Waals surface area contributed by atoms with E-state index in [-0.39, 0.29) is 28.7 Å². The number of halogens is 1. The van der Waals surface area contributed by atoms with Gasteiger partial charge < -0.3 is 15.4 Å². The fourth-order valence-electron chi connectivity index (χ4n) is 3.21. The monoisotopic (exact) mass is 501 g/mol. The number of aliphatic imine (C=N–C) groups is 1. The summed E-state index contributed by atoms with van der Waals surface area (Å²) in [6.07, 6.45) is 6.59. The molecule has 1 fully saturated rings. The van der Waals surface area contributed by atoms with Crippen molar-refractivity contribution in [1.29, 1.82) is 0 Å². The van der Waals surface area contributed by atoms with Gasteiger partial charge in [-0.2, -0.15) is 0 Å². The largest absolute Gasteiger partial charge is 0.378 e. The molecule has 156 valence electrons. The van der Waals surface area contributed by atoms with E-state index >= 15 is 0 Å². The minimum atomic E-state index is -0.840. The highest BCUT2D eigenvalue weighted by atomic mass is 127. The Morgan fingerprint density at radius 2 is 1.88 bits per heavy atom. The minimum Gasteiger partial charge on any atom is -0.378 e. The molecule has 2 unspecified atom stereocenters. The topological polar surface area (TPSA) is 62.7 Å². The van der Waals surface area contributed by atoms with Gasteiger partial charge in [-0.3, -0.25) is 9.20 Å². The summed E-state index contributed by atoms with van der Waals surface area (Å²) in [6.45, 7) is 13.2. The molecule has 26 heavy (non-hydrogen) atoms. The zero-order chi connectivity index (χ0) is 18.7. The zero-order valence-electron chi connectivity index (χ0n) is 17.3. The van der Waals surface area contributed by atoms with Gasteiger partial charge in [0.05, 0.1) is 6.10 Å². The molecule has 1 saturated carbocycles. The Hall–Kier alpha value is 0.110. The maximum atomic E-state index is 12.1. The van der Waals surface area contributed by atoms with E-state index in [0.29, 0.717) is 24.3 Å². The van der Waals surface area contributed by atoms with Gasteiger partial charge in [0.2, 0.25) is 0 Å². The number of hydrogen-bond donors (Lipinski definition) is 2. The number of hydrogen-bond acceptors (Lipinski definition) is 3. The second-order valence-electron chi connectivity index (χ2n) is 7.68. The summed E-state index contributed by atoms with van der Waals surface area (Å²) in [5, 5.41) is 6.57. The lowest BCUT2D eigenvalue weighted by molar-refractivity contribution is 0.0177. The van der Waals surface area contributed by atoms with Gasteiger partial charge in [-0.15, -0.1) is 24.0 Å². The Morgan fingerprint density at radius 1 is 1.23 bits per heavy atom. The van der Waals surface area contributed by atoms with E-state index in [1.807, 2.05) is 20.8 Å². The Kier molecular flexibility index (Phi) is 14.2. The average Bonchev–Trinajstić information content (AvgIpc) is 3.07. The van der Waals surface area contributed by atoms with Crippen molar-refractivity contribution in [3.63, 3.8) is 0 Å². The zero-order valence-corrected chi connectivity index (χ0v) is 20.5. The molecule has 1 rings (SSSR count). The van der Waals surface area contributed by atoms with Crippen LogP contribution in [0.1, 0.15) is 66.7 Å². The predicted octanol–water partition coefficient (Wildman–Crippen LogP) is 3.69. The van der Waals surface area contributed by atoms with Crippen LogP contribution in [0.4, 0.5) is 0 Å². The van der Waals surface area contributed by atoms with Gasteiger partial charge in [0, 0.05) is 47.5 Å².